The second-order valence-electron chi connectivity index (χ2n) is 7.42. The summed E-state index contributed by atoms with van der Waals surface area (Å²) in [5, 5.41) is 4.33. The van der Waals surface area contributed by atoms with E-state index < -0.39 is 29.2 Å². The van der Waals surface area contributed by atoms with Gasteiger partial charge < -0.3 is 10.1 Å². The van der Waals surface area contributed by atoms with Gasteiger partial charge in [0.25, 0.3) is 5.91 Å². The van der Waals surface area contributed by atoms with Crippen LogP contribution in [0.1, 0.15) is 36.8 Å². The van der Waals surface area contributed by atoms with Crippen molar-refractivity contribution in [2.24, 2.45) is 0 Å². The summed E-state index contributed by atoms with van der Waals surface area (Å²) in [5.74, 6) is -0.920. The summed E-state index contributed by atoms with van der Waals surface area (Å²) in [4.78, 5) is 25.8. The fraction of sp³-hybridized carbons (Fsp3) is 0.238. The van der Waals surface area contributed by atoms with E-state index in [-0.39, 0.29) is 5.69 Å². The Labute approximate surface area is 179 Å². The molecule has 0 atom stereocenters. The maximum absolute atomic E-state index is 12.9. The Kier molecular flexibility index (Phi) is 6.14. The van der Waals surface area contributed by atoms with Crippen LogP contribution in [0.5, 0.6) is 0 Å². The summed E-state index contributed by atoms with van der Waals surface area (Å²) >= 11 is 2.48. The van der Waals surface area contributed by atoms with Crippen LogP contribution in [0.25, 0.3) is 12.2 Å². The summed E-state index contributed by atoms with van der Waals surface area (Å²) in [7, 11) is 0. The Morgan fingerprint density at radius 2 is 1.90 bits per heavy atom. The van der Waals surface area contributed by atoms with Crippen LogP contribution in [0, 0.1) is 0 Å². The molecule has 1 N–H and O–H groups in total. The number of alkyl halides is 3. The van der Waals surface area contributed by atoms with Crippen molar-refractivity contribution in [3.63, 3.8) is 0 Å². The highest BCUT2D eigenvalue weighted by atomic mass is 32.2. The number of thiophene rings is 1. The fourth-order valence-electron chi connectivity index (χ4n) is 2.50. The largest absolute Gasteiger partial charge is 0.457 e. The Morgan fingerprint density at radius 1 is 1.17 bits per heavy atom. The lowest BCUT2D eigenvalue weighted by Crippen LogP contribution is -2.22. The third-order valence-electron chi connectivity index (χ3n) is 3.73. The predicted octanol–water partition coefficient (Wildman–Crippen LogP) is 6.21. The first-order valence-electron chi connectivity index (χ1n) is 8.82. The van der Waals surface area contributed by atoms with E-state index in [9.17, 15) is 22.8 Å². The first-order valence-corrected chi connectivity index (χ1v) is 10.5. The molecule has 2 heterocycles. The number of halogens is 3. The number of hydrogen-bond acceptors (Lipinski definition) is 5. The van der Waals surface area contributed by atoms with Crippen molar-refractivity contribution in [1.82, 2.24) is 0 Å². The number of fused-ring (bicyclic) bond motifs is 1. The third-order valence-corrected chi connectivity index (χ3v) is 5.73. The van der Waals surface area contributed by atoms with Crippen LogP contribution in [-0.4, -0.2) is 17.5 Å². The van der Waals surface area contributed by atoms with Crippen molar-refractivity contribution in [2.45, 2.75) is 37.4 Å². The maximum atomic E-state index is 12.9. The van der Waals surface area contributed by atoms with Crippen molar-refractivity contribution in [1.29, 1.82) is 0 Å². The predicted molar refractivity (Wildman–Crippen MR) is 113 cm³/mol. The van der Waals surface area contributed by atoms with Gasteiger partial charge in [0, 0.05) is 15.8 Å². The molecule has 1 amide bonds. The minimum atomic E-state index is -4.47. The number of ether oxygens (including phenoxy) is 1. The average Bonchev–Trinajstić information content (AvgIpc) is 3.05. The highest BCUT2D eigenvalue weighted by Crippen LogP contribution is 2.42. The number of rotatable bonds is 3. The van der Waals surface area contributed by atoms with Gasteiger partial charge in [-0.05, 0) is 68.1 Å². The molecular formula is C21H18F3NO3S2. The van der Waals surface area contributed by atoms with Gasteiger partial charge in [-0.3, -0.25) is 4.79 Å². The molecule has 1 aliphatic rings. The van der Waals surface area contributed by atoms with Gasteiger partial charge in [-0.25, -0.2) is 4.79 Å². The SMILES string of the molecule is CC(C)(C)OC(=O)/C=C/c1csc(/C=C2/Sc3ccc(C(F)(F)F)cc3NC2=O)c1. The number of carbonyl (C=O) groups excluding carboxylic acids is 2. The number of anilines is 1. The molecule has 4 nitrogen and oxygen atoms in total. The number of benzene rings is 1. The Morgan fingerprint density at radius 3 is 2.57 bits per heavy atom. The summed E-state index contributed by atoms with van der Waals surface area (Å²) in [6.07, 6.45) is 0.145. The molecule has 0 saturated heterocycles. The lowest BCUT2D eigenvalue weighted by molar-refractivity contribution is -0.148. The van der Waals surface area contributed by atoms with Crippen LogP contribution in [0.2, 0.25) is 0 Å². The topological polar surface area (TPSA) is 55.4 Å². The monoisotopic (exact) mass is 453 g/mol. The molecule has 158 valence electrons. The van der Waals surface area contributed by atoms with Gasteiger partial charge in [-0.2, -0.15) is 13.2 Å². The third kappa shape index (κ3) is 5.76. The van der Waals surface area contributed by atoms with Crippen molar-refractivity contribution in [3.05, 3.63) is 56.6 Å². The number of thioether (sulfide) groups is 1. The van der Waals surface area contributed by atoms with Gasteiger partial charge in [0.15, 0.2) is 0 Å². The number of nitrogens with one attached hydrogen (secondary N) is 1. The van der Waals surface area contributed by atoms with Crippen LogP contribution in [0.15, 0.2) is 45.5 Å². The van der Waals surface area contributed by atoms with E-state index in [0.29, 0.717) is 9.80 Å². The summed E-state index contributed by atoms with van der Waals surface area (Å²) in [6, 6.07) is 5.07. The summed E-state index contributed by atoms with van der Waals surface area (Å²) < 4.78 is 43.8. The number of hydrogen-bond donors (Lipinski definition) is 1. The number of esters is 1. The van der Waals surface area contributed by atoms with E-state index in [2.05, 4.69) is 5.32 Å². The fourth-order valence-corrected chi connectivity index (χ4v) is 4.30. The summed E-state index contributed by atoms with van der Waals surface area (Å²) in [6.45, 7) is 5.34. The molecule has 3 rings (SSSR count). The van der Waals surface area contributed by atoms with Gasteiger partial charge in [0.05, 0.1) is 16.2 Å². The Hall–Kier alpha value is -2.52. The Bertz CT molecular complexity index is 1050. The zero-order valence-electron chi connectivity index (χ0n) is 16.3. The van der Waals surface area contributed by atoms with Gasteiger partial charge in [-0.1, -0.05) is 11.8 Å². The van der Waals surface area contributed by atoms with Crippen molar-refractivity contribution in [2.75, 3.05) is 5.32 Å². The average molecular weight is 454 g/mol. The van der Waals surface area contributed by atoms with Crippen LogP contribution < -0.4 is 5.32 Å². The van der Waals surface area contributed by atoms with Crippen LogP contribution in [0.3, 0.4) is 0 Å². The minimum Gasteiger partial charge on any atom is -0.457 e. The van der Waals surface area contributed by atoms with Crippen molar-refractivity contribution < 1.29 is 27.5 Å². The van der Waals surface area contributed by atoms with E-state index >= 15 is 0 Å². The van der Waals surface area contributed by atoms with Crippen molar-refractivity contribution >= 4 is 52.8 Å². The molecule has 1 aromatic heterocycles. The van der Waals surface area contributed by atoms with E-state index in [1.807, 2.05) is 5.38 Å². The quantitative estimate of drug-likeness (QED) is 0.444. The van der Waals surface area contributed by atoms with E-state index in [1.165, 1.54) is 23.5 Å². The van der Waals surface area contributed by atoms with Crippen LogP contribution in [0.4, 0.5) is 18.9 Å². The van der Waals surface area contributed by atoms with Gasteiger partial charge in [-0.15, -0.1) is 11.3 Å². The van der Waals surface area contributed by atoms with Gasteiger partial charge in [0.2, 0.25) is 0 Å². The molecule has 0 radical (unpaired) electrons. The molecule has 0 saturated carbocycles. The smallest absolute Gasteiger partial charge is 0.416 e. The lowest BCUT2D eigenvalue weighted by Gasteiger charge is -2.20. The van der Waals surface area contributed by atoms with Crippen LogP contribution >= 0.6 is 23.1 Å². The molecule has 0 unspecified atom stereocenters. The summed E-state index contributed by atoms with van der Waals surface area (Å²) in [5.41, 5.74) is -0.471. The maximum Gasteiger partial charge on any atom is 0.416 e. The van der Waals surface area contributed by atoms with E-state index in [0.717, 1.165) is 34.3 Å². The lowest BCUT2D eigenvalue weighted by atomic mass is 10.2. The zero-order valence-corrected chi connectivity index (χ0v) is 17.9. The molecule has 30 heavy (non-hydrogen) atoms. The standard InChI is InChI=1S/C21H18F3NO3S2/c1-20(2,3)28-18(26)7-4-12-8-14(29-11-12)10-17-19(27)25-15-9-13(21(22,23)24)5-6-16(15)30-17/h4-11H,1-3H3,(H,25,27)/b7-4+,17-10+. The van der Waals surface area contributed by atoms with E-state index in [4.69, 9.17) is 4.74 Å². The first-order chi connectivity index (χ1) is 13.9. The molecule has 1 aliphatic heterocycles. The molecule has 1 aromatic carbocycles. The van der Waals surface area contributed by atoms with Crippen molar-refractivity contribution in [3.8, 4) is 0 Å². The molecule has 0 fully saturated rings. The molecule has 2 aromatic rings. The number of carbonyl (C=O) groups is 2. The molecule has 0 bridgehead atoms. The zero-order chi connectivity index (χ0) is 22.1. The Balaban J connectivity index is 1.74. The molecule has 0 aliphatic carbocycles. The first kappa shape index (κ1) is 22.2. The minimum absolute atomic E-state index is 0.143. The number of amides is 1. The second kappa shape index (κ2) is 8.31. The van der Waals surface area contributed by atoms with Crippen LogP contribution in [-0.2, 0) is 20.5 Å². The van der Waals surface area contributed by atoms with E-state index in [1.54, 1.807) is 39.0 Å². The van der Waals surface area contributed by atoms with Gasteiger partial charge in [0.1, 0.15) is 5.60 Å². The van der Waals surface area contributed by atoms with Gasteiger partial charge >= 0.3 is 12.1 Å². The second-order valence-corrected chi connectivity index (χ2v) is 9.45. The molecule has 9 heteroatoms. The highest BCUT2D eigenvalue weighted by Gasteiger charge is 2.32. The molecular weight excluding hydrogens is 435 g/mol. The molecule has 0 spiro atoms. The highest BCUT2D eigenvalue weighted by molar-refractivity contribution is 8.04. The normalized spacial score (nSPS) is 15.9.